The van der Waals surface area contributed by atoms with Gasteiger partial charge in [-0.05, 0) is 62.6 Å². The Labute approximate surface area is 190 Å². The molecule has 0 spiro atoms. The van der Waals surface area contributed by atoms with Gasteiger partial charge in [0.05, 0.1) is 4.92 Å². The van der Waals surface area contributed by atoms with Crippen LogP contribution in [0, 0.1) is 10.1 Å². The van der Waals surface area contributed by atoms with Crippen LogP contribution in [0.4, 0.5) is 5.69 Å². The Bertz CT molecular complexity index is 1140. The fraction of sp³-hybridized carbons (Fsp3) is 0.320. The monoisotopic (exact) mass is 452 g/mol. The molecule has 7 heteroatoms. The third kappa shape index (κ3) is 4.72. The second-order valence-corrected chi connectivity index (χ2v) is 10.5. The largest absolute Gasteiger partial charge is 0.481 e. The number of nitro groups is 1. The van der Waals surface area contributed by atoms with Gasteiger partial charge < -0.3 is 9.47 Å². The number of nitro benzene ring substituents is 1. The van der Waals surface area contributed by atoms with Crippen LogP contribution in [0.1, 0.15) is 32.3 Å². The molecular weight excluding hydrogens is 426 g/mol. The lowest BCUT2D eigenvalue weighted by Crippen LogP contribution is -2.28. The molecule has 0 bridgehead atoms. The molecule has 3 aromatic carbocycles. The van der Waals surface area contributed by atoms with Crippen LogP contribution < -0.4 is 4.74 Å². The summed E-state index contributed by atoms with van der Waals surface area (Å²) in [6.45, 7) is 3.28. The highest BCUT2D eigenvalue weighted by Crippen LogP contribution is 2.35. The molecule has 0 atom stereocenters. The van der Waals surface area contributed by atoms with E-state index in [-0.39, 0.29) is 23.2 Å². The van der Waals surface area contributed by atoms with Crippen LogP contribution in [0.25, 0.3) is 10.8 Å². The molecule has 1 heterocycles. The molecule has 0 saturated carbocycles. The molecule has 0 aliphatic carbocycles. The summed E-state index contributed by atoms with van der Waals surface area (Å²) in [5.41, 5.74) is -0.276. The summed E-state index contributed by atoms with van der Waals surface area (Å²) in [6.07, 6.45) is 2.57. The number of non-ortho nitro benzene ring substituents is 1. The van der Waals surface area contributed by atoms with Gasteiger partial charge in [-0.2, -0.15) is 0 Å². The minimum Gasteiger partial charge on any atom is -0.481 e. The minimum atomic E-state index is -0.939. The Hall–Kier alpha value is -3.06. The second-order valence-electron chi connectivity index (χ2n) is 8.29. The standard InChI is InChI=1S/C25H26NO5S/c1-25(2,18-9-11-19(12-10-18)26(28)29)31-24(27)17-30-22-13-14-23(32-15-5-6-16-32)21-8-4-3-7-20(21)22/h3-4,7-14H,5-6,15-17H2,1-2H3/q+1. The number of nitrogens with zero attached hydrogens (tertiary/aromatic N) is 1. The van der Waals surface area contributed by atoms with Crippen LogP contribution >= 0.6 is 0 Å². The van der Waals surface area contributed by atoms with E-state index in [9.17, 15) is 14.9 Å². The van der Waals surface area contributed by atoms with Gasteiger partial charge in [0.15, 0.2) is 11.5 Å². The van der Waals surface area contributed by atoms with Crippen molar-refractivity contribution in [3.63, 3.8) is 0 Å². The van der Waals surface area contributed by atoms with Crippen LogP contribution in [0.3, 0.4) is 0 Å². The summed E-state index contributed by atoms with van der Waals surface area (Å²) < 4.78 is 11.5. The normalized spacial score (nSPS) is 14.4. The molecule has 1 aliphatic heterocycles. The van der Waals surface area contributed by atoms with E-state index in [1.807, 2.05) is 24.3 Å². The van der Waals surface area contributed by atoms with Crippen molar-refractivity contribution in [2.45, 2.75) is 37.2 Å². The summed E-state index contributed by atoms with van der Waals surface area (Å²) in [5.74, 6) is 2.65. The van der Waals surface area contributed by atoms with Gasteiger partial charge in [0.1, 0.15) is 22.9 Å². The Morgan fingerprint density at radius 1 is 1.00 bits per heavy atom. The SMILES string of the molecule is CC(C)(OC(=O)COc1ccc([S+]2CCCC2)c2ccccc12)c1ccc([N+](=O)[O-])cc1. The molecule has 6 nitrogen and oxygen atoms in total. The van der Waals surface area contributed by atoms with E-state index in [4.69, 9.17) is 9.47 Å². The number of fused-ring (bicyclic) bond motifs is 1. The zero-order valence-corrected chi connectivity index (χ0v) is 19.0. The van der Waals surface area contributed by atoms with Crippen molar-refractivity contribution in [3.05, 3.63) is 76.3 Å². The highest BCUT2D eigenvalue weighted by molar-refractivity contribution is 7.97. The van der Waals surface area contributed by atoms with Gasteiger partial charge in [-0.3, -0.25) is 10.1 Å². The van der Waals surface area contributed by atoms with Crippen molar-refractivity contribution in [2.24, 2.45) is 0 Å². The third-order valence-electron chi connectivity index (χ3n) is 5.67. The fourth-order valence-corrected chi connectivity index (χ4v) is 6.49. The van der Waals surface area contributed by atoms with Gasteiger partial charge in [-0.15, -0.1) is 0 Å². The lowest BCUT2D eigenvalue weighted by atomic mass is 9.98. The predicted octanol–water partition coefficient (Wildman–Crippen LogP) is 5.38. The number of esters is 1. The molecule has 0 radical (unpaired) electrons. The third-order valence-corrected chi connectivity index (χ3v) is 8.22. The van der Waals surface area contributed by atoms with Crippen molar-refractivity contribution in [1.82, 2.24) is 0 Å². The van der Waals surface area contributed by atoms with Crippen LogP contribution in [0.2, 0.25) is 0 Å². The van der Waals surface area contributed by atoms with Gasteiger partial charge in [-0.25, -0.2) is 4.79 Å². The molecule has 0 aromatic heterocycles. The average molecular weight is 453 g/mol. The van der Waals surface area contributed by atoms with Gasteiger partial charge in [-0.1, -0.05) is 18.2 Å². The number of hydrogen-bond acceptors (Lipinski definition) is 5. The molecule has 1 fully saturated rings. The van der Waals surface area contributed by atoms with Gasteiger partial charge in [0, 0.05) is 33.8 Å². The molecule has 3 aromatic rings. The van der Waals surface area contributed by atoms with Crippen LogP contribution in [-0.4, -0.2) is 29.0 Å². The topological polar surface area (TPSA) is 78.7 Å². The fourth-order valence-electron chi connectivity index (χ4n) is 3.99. The van der Waals surface area contributed by atoms with Crippen molar-refractivity contribution in [1.29, 1.82) is 0 Å². The summed E-state index contributed by atoms with van der Waals surface area (Å²) in [6, 6.07) is 18.3. The number of carbonyl (C=O) groups is 1. The summed E-state index contributed by atoms with van der Waals surface area (Å²) in [4.78, 5) is 24.3. The Kier molecular flexibility index (Phi) is 6.37. The van der Waals surface area contributed by atoms with Gasteiger partial charge in [0.2, 0.25) is 0 Å². The van der Waals surface area contributed by atoms with Crippen molar-refractivity contribution in [2.75, 3.05) is 18.1 Å². The lowest BCUT2D eigenvalue weighted by molar-refractivity contribution is -0.384. The molecule has 0 amide bonds. The first-order valence-corrected chi connectivity index (χ1v) is 12.2. The molecule has 4 rings (SSSR count). The zero-order chi connectivity index (χ0) is 22.7. The van der Waals surface area contributed by atoms with E-state index in [2.05, 4.69) is 12.1 Å². The van der Waals surface area contributed by atoms with Crippen molar-refractivity contribution < 1.29 is 19.2 Å². The lowest BCUT2D eigenvalue weighted by Gasteiger charge is -2.25. The number of hydrogen-bond donors (Lipinski definition) is 0. The highest BCUT2D eigenvalue weighted by atomic mass is 32.2. The first-order chi connectivity index (χ1) is 15.3. The summed E-state index contributed by atoms with van der Waals surface area (Å²) >= 11 is 0. The molecular formula is C25H26NO5S+. The summed E-state index contributed by atoms with van der Waals surface area (Å²) in [7, 11) is 0.285. The Balaban J connectivity index is 1.45. The Morgan fingerprint density at radius 3 is 2.31 bits per heavy atom. The Morgan fingerprint density at radius 2 is 1.66 bits per heavy atom. The average Bonchev–Trinajstić information content (AvgIpc) is 3.32. The molecule has 166 valence electrons. The van der Waals surface area contributed by atoms with E-state index >= 15 is 0 Å². The van der Waals surface area contributed by atoms with Gasteiger partial charge >= 0.3 is 5.97 Å². The minimum absolute atomic E-state index is 0.00671. The first kappa shape index (κ1) is 22.1. The second kappa shape index (κ2) is 9.20. The van der Waals surface area contributed by atoms with Crippen LogP contribution in [0.5, 0.6) is 5.75 Å². The van der Waals surface area contributed by atoms with Crippen molar-refractivity contribution >= 4 is 33.3 Å². The molecule has 1 aliphatic rings. The quantitative estimate of drug-likeness (QED) is 0.208. The highest BCUT2D eigenvalue weighted by Gasteiger charge is 2.30. The van der Waals surface area contributed by atoms with E-state index < -0.39 is 16.5 Å². The first-order valence-electron chi connectivity index (χ1n) is 10.6. The van der Waals surface area contributed by atoms with E-state index in [1.165, 1.54) is 46.8 Å². The van der Waals surface area contributed by atoms with Crippen LogP contribution in [-0.2, 0) is 26.0 Å². The maximum Gasteiger partial charge on any atom is 0.345 e. The van der Waals surface area contributed by atoms with E-state index in [1.54, 1.807) is 26.0 Å². The van der Waals surface area contributed by atoms with E-state index in [0.29, 0.717) is 11.3 Å². The number of carbonyl (C=O) groups excluding carboxylic acids is 1. The molecule has 1 saturated heterocycles. The maximum absolute atomic E-state index is 12.5. The molecule has 0 unspecified atom stereocenters. The smallest absolute Gasteiger partial charge is 0.345 e. The zero-order valence-electron chi connectivity index (χ0n) is 18.2. The number of ether oxygens (including phenoxy) is 2. The predicted molar refractivity (Wildman–Crippen MR) is 126 cm³/mol. The van der Waals surface area contributed by atoms with Gasteiger partial charge in [0.25, 0.3) is 5.69 Å². The molecule has 0 N–H and O–H groups in total. The molecule has 32 heavy (non-hydrogen) atoms. The maximum atomic E-state index is 12.5. The summed E-state index contributed by atoms with van der Waals surface area (Å²) in [5, 5.41) is 13.0. The number of benzene rings is 3. The van der Waals surface area contributed by atoms with E-state index in [0.717, 1.165) is 5.39 Å². The number of rotatable bonds is 7. The van der Waals surface area contributed by atoms with Crippen molar-refractivity contribution in [3.8, 4) is 5.75 Å². The van der Waals surface area contributed by atoms with Crippen LogP contribution in [0.15, 0.2) is 65.6 Å².